The minimum atomic E-state index is -3.20. The fourth-order valence-electron chi connectivity index (χ4n) is 3.48. The molecule has 3 aromatic rings. The molecule has 0 spiro atoms. The summed E-state index contributed by atoms with van der Waals surface area (Å²) in [6.45, 7) is 1.53. The van der Waals surface area contributed by atoms with Gasteiger partial charge in [0.25, 0.3) is 6.47 Å². The van der Waals surface area contributed by atoms with E-state index < -0.39 is 9.84 Å². The molecule has 0 unspecified atom stereocenters. The van der Waals surface area contributed by atoms with Crippen LogP contribution in [0.15, 0.2) is 60.0 Å². The zero-order chi connectivity index (χ0) is 21.6. The number of rotatable bonds is 4. The van der Waals surface area contributed by atoms with Crippen LogP contribution >= 0.6 is 0 Å². The largest absolute Gasteiger partial charge is 0.483 e. The lowest BCUT2D eigenvalue weighted by Crippen LogP contribution is -2.35. The number of anilines is 1. The van der Waals surface area contributed by atoms with Crippen molar-refractivity contribution in [2.75, 3.05) is 24.2 Å². The summed E-state index contributed by atoms with van der Waals surface area (Å²) in [5.74, 6) is 1.64. The molecule has 2 aromatic heterocycles. The van der Waals surface area contributed by atoms with Gasteiger partial charge in [0.15, 0.2) is 9.84 Å². The Balaban J connectivity index is 0.000000806. The third-order valence-corrected chi connectivity index (χ3v) is 6.03. The standard InChI is InChI=1S/C19H21N5O2S.CH2O2/c1-27(25,26)17-5-3-15(4-6-17)18-20-11-14-24(18)16-7-12-23(13-8-16)19-21-9-2-10-22-19;2-1-3/h2-6,9-11,14,16H,7-8,12-13H2,1H3;1H,(H,2,3). The second-order valence-electron chi connectivity index (χ2n) is 6.83. The molecule has 0 amide bonds. The van der Waals surface area contributed by atoms with E-state index in [1.807, 2.05) is 24.4 Å². The lowest BCUT2D eigenvalue weighted by atomic mass is 10.0. The molecule has 0 aliphatic carbocycles. The van der Waals surface area contributed by atoms with E-state index >= 15 is 0 Å². The second kappa shape index (κ2) is 9.49. The fourth-order valence-corrected chi connectivity index (χ4v) is 4.11. The normalized spacial score (nSPS) is 14.6. The Labute approximate surface area is 175 Å². The van der Waals surface area contributed by atoms with Gasteiger partial charge in [0.2, 0.25) is 5.95 Å². The average molecular weight is 430 g/mol. The Morgan fingerprint density at radius 1 is 1.03 bits per heavy atom. The van der Waals surface area contributed by atoms with Gasteiger partial charge in [0.05, 0.1) is 4.90 Å². The number of imidazole rings is 1. The Bertz CT molecular complexity index is 1060. The molecule has 1 saturated heterocycles. The first kappa shape index (κ1) is 21.4. The first-order valence-corrected chi connectivity index (χ1v) is 11.3. The summed E-state index contributed by atoms with van der Waals surface area (Å²) in [4.78, 5) is 24.0. The Kier molecular flexibility index (Phi) is 6.78. The maximum atomic E-state index is 11.7. The van der Waals surface area contributed by atoms with Crippen LogP contribution in [0.4, 0.5) is 5.95 Å². The summed E-state index contributed by atoms with van der Waals surface area (Å²) >= 11 is 0. The van der Waals surface area contributed by atoms with Crippen molar-refractivity contribution < 1.29 is 18.3 Å². The van der Waals surface area contributed by atoms with E-state index in [9.17, 15) is 8.42 Å². The first-order valence-electron chi connectivity index (χ1n) is 9.37. The number of hydrogen-bond acceptors (Lipinski definition) is 7. The molecule has 1 aromatic carbocycles. The number of nitrogens with zero attached hydrogens (tertiary/aromatic N) is 5. The Hall–Kier alpha value is -3.27. The van der Waals surface area contributed by atoms with Crippen LogP contribution < -0.4 is 4.90 Å². The van der Waals surface area contributed by atoms with E-state index in [4.69, 9.17) is 9.90 Å². The summed E-state index contributed by atoms with van der Waals surface area (Å²) in [5, 5.41) is 6.89. The summed E-state index contributed by atoms with van der Waals surface area (Å²) in [6.07, 6.45) is 10.5. The Morgan fingerprint density at radius 2 is 1.63 bits per heavy atom. The van der Waals surface area contributed by atoms with Crippen LogP contribution in [0.3, 0.4) is 0 Å². The van der Waals surface area contributed by atoms with E-state index in [0.717, 1.165) is 43.3 Å². The number of carboxylic acid groups (broad SMARTS) is 1. The highest BCUT2D eigenvalue weighted by molar-refractivity contribution is 7.90. The third-order valence-electron chi connectivity index (χ3n) is 4.90. The van der Waals surface area contributed by atoms with Gasteiger partial charge in [0.1, 0.15) is 5.82 Å². The second-order valence-corrected chi connectivity index (χ2v) is 8.84. The molecule has 30 heavy (non-hydrogen) atoms. The molecule has 1 N–H and O–H groups in total. The number of hydrogen-bond donors (Lipinski definition) is 1. The minimum absolute atomic E-state index is 0.250. The van der Waals surface area contributed by atoms with Crippen molar-refractivity contribution in [2.45, 2.75) is 23.8 Å². The van der Waals surface area contributed by atoms with E-state index in [-0.39, 0.29) is 6.47 Å². The predicted octanol–water partition coefficient (Wildman–Crippen LogP) is 2.29. The predicted molar refractivity (Wildman–Crippen MR) is 112 cm³/mol. The number of aromatic nitrogens is 4. The molecule has 0 radical (unpaired) electrons. The zero-order valence-electron chi connectivity index (χ0n) is 16.5. The van der Waals surface area contributed by atoms with Gasteiger partial charge in [-0.05, 0) is 43.2 Å². The molecular weight excluding hydrogens is 406 g/mol. The molecule has 1 fully saturated rings. The van der Waals surface area contributed by atoms with Crippen LogP contribution in [-0.2, 0) is 14.6 Å². The monoisotopic (exact) mass is 429 g/mol. The summed E-state index contributed by atoms with van der Waals surface area (Å²) in [7, 11) is -3.20. The number of sulfone groups is 1. The fraction of sp³-hybridized carbons (Fsp3) is 0.300. The highest BCUT2D eigenvalue weighted by atomic mass is 32.2. The summed E-state index contributed by atoms with van der Waals surface area (Å²) in [6, 6.07) is 9.09. The Morgan fingerprint density at radius 3 is 2.20 bits per heavy atom. The van der Waals surface area contributed by atoms with Crippen molar-refractivity contribution in [1.29, 1.82) is 0 Å². The van der Waals surface area contributed by atoms with E-state index in [1.54, 1.807) is 30.7 Å². The van der Waals surface area contributed by atoms with Gasteiger partial charge in [-0.3, -0.25) is 4.79 Å². The molecular formula is C20H23N5O4S. The maximum absolute atomic E-state index is 11.7. The molecule has 1 aliphatic heterocycles. The topological polar surface area (TPSA) is 118 Å². The first-order chi connectivity index (χ1) is 14.4. The van der Waals surface area contributed by atoms with Crippen LogP contribution in [0.5, 0.6) is 0 Å². The van der Waals surface area contributed by atoms with Crippen molar-refractivity contribution in [3.05, 3.63) is 55.1 Å². The van der Waals surface area contributed by atoms with Crippen LogP contribution in [-0.4, -0.2) is 58.9 Å². The van der Waals surface area contributed by atoms with Gasteiger partial charge in [-0.15, -0.1) is 0 Å². The molecule has 4 rings (SSSR count). The van der Waals surface area contributed by atoms with Crippen LogP contribution in [0, 0.1) is 0 Å². The van der Waals surface area contributed by atoms with Crippen molar-refractivity contribution in [1.82, 2.24) is 19.5 Å². The molecule has 0 atom stereocenters. The quantitative estimate of drug-likeness (QED) is 0.628. The minimum Gasteiger partial charge on any atom is -0.483 e. The molecule has 10 heteroatoms. The molecule has 0 bridgehead atoms. The number of carbonyl (C=O) groups is 1. The number of piperidine rings is 1. The van der Waals surface area contributed by atoms with Crippen LogP contribution in [0.25, 0.3) is 11.4 Å². The third kappa shape index (κ3) is 5.01. The lowest BCUT2D eigenvalue weighted by Gasteiger charge is -2.33. The van der Waals surface area contributed by atoms with E-state index in [0.29, 0.717) is 10.9 Å². The van der Waals surface area contributed by atoms with Crippen molar-refractivity contribution in [3.8, 4) is 11.4 Å². The van der Waals surface area contributed by atoms with Gasteiger partial charge < -0.3 is 14.6 Å². The van der Waals surface area contributed by atoms with Gasteiger partial charge in [-0.25, -0.2) is 23.4 Å². The summed E-state index contributed by atoms with van der Waals surface area (Å²) in [5.41, 5.74) is 0.918. The van der Waals surface area contributed by atoms with Crippen molar-refractivity contribution >= 4 is 22.3 Å². The maximum Gasteiger partial charge on any atom is 0.290 e. The van der Waals surface area contributed by atoms with E-state index in [2.05, 4.69) is 24.4 Å². The molecule has 9 nitrogen and oxygen atoms in total. The highest BCUT2D eigenvalue weighted by Crippen LogP contribution is 2.29. The van der Waals surface area contributed by atoms with Crippen molar-refractivity contribution in [3.63, 3.8) is 0 Å². The lowest BCUT2D eigenvalue weighted by molar-refractivity contribution is -0.122. The van der Waals surface area contributed by atoms with E-state index in [1.165, 1.54) is 6.26 Å². The smallest absolute Gasteiger partial charge is 0.290 e. The van der Waals surface area contributed by atoms with Crippen molar-refractivity contribution in [2.24, 2.45) is 0 Å². The summed E-state index contributed by atoms with van der Waals surface area (Å²) < 4.78 is 25.5. The molecule has 1 aliphatic rings. The highest BCUT2D eigenvalue weighted by Gasteiger charge is 2.24. The molecule has 3 heterocycles. The van der Waals surface area contributed by atoms with Gasteiger partial charge in [-0.2, -0.15) is 0 Å². The van der Waals surface area contributed by atoms with Gasteiger partial charge in [-0.1, -0.05) is 0 Å². The van der Waals surface area contributed by atoms with Crippen LogP contribution in [0.1, 0.15) is 18.9 Å². The average Bonchev–Trinajstić information content (AvgIpc) is 3.24. The zero-order valence-corrected chi connectivity index (χ0v) is 17.3. The van der Waals surface area contributed by atoms with Crippen LogP contribution in [0.2, 0.25) is 0 Å². The van der Waals surface area contributed by atoms with Gasteiger partial charge in [0, 0.05) is 55.7 Å². The SMILES string of the molecule is CS(=O)(=O)c1ccc(-c2nccn2C2CCN(c3ncccn3)CC2)cc1.O=CO. The molecule has 0 saturated carbocycles. The number of benzene rings is 1. The molecule has 158 valence electrons. The van der Waals surface area contributed by atoms with Gasteiger partial charge >= 0.3 is 0 Å².